The molecule has 25 heavy (non-hydrogen) atoms. The van der Waals surface area contributed by atoms with Gasteiger partial charge in [0.25, 0.3) is 0 Å². The van der Waals surface area contributed by atoms with Gasteiger partial charge in [-0.1, -0.05) is 0 Å². The number of benzene rings is 2. The Balaban J connectivity index is 2.12. The Morgan fingerprint density at radius 2 is 1.40 bits per heavy atom. The van der Waals surface area contributed by atoms with Crippen molar-refractivity contribution in [2.24, 2.45) is 0 Å². The number of hydrogen-bond donors (Lipinski definition) is 0. The van der Waals surface area contributed by atoms with E-state index in [-0.39, 0.29) is 5.69 Å². The number of rotatable bonds is 5. The molecule has 0 fully saturated rings. The fraction of sp³-hybridized carbons (Fsp3) is 0.200. The van der Waals surface area contributed by atoms with Gasteiger partial charge in [0.2, 0.25) is 0 Å². The number of nitrogens with zero attached hydrogens (tertiary/aromatic N) is 2. The van der Waals surface area contributed by atoms with Crippen molar-refractivity contribution < 1.29 is 9.47 Å². The van der Waals surface area contributed by atoms with Crippen LogP contribution >= 0.6 is 0 Å². The lowest BCUT2D eigenvalue weighted by Crippen LogP contribution is -2.24. The van der Waals surface area contributed by atoms with Crippen molar-refractivity contribution in [3.63, 3.8) is 0 Å². The number of methoxy groups -OCH3 is 2. The minimum absolute atomic E-state index is 0.262. The summed E-state index contributed by atoms with van der Waals surface area (Å²) >= 11 is 0. The second-order valence-electron chi connectivity index (χ2n) is 5.51. The zero-order chi connectivity index (χ0) is 17.8. The number of ether oxygens (including phenoxy) is 2. The highest BCUT2D eigenvalue weighted by Crippen LogP contribution is 2.26. The molecule has 0 N–H and O–H groups in total. The molecule has 0 bridgehead atoms. The van der Waals surface area contributed by atoms with Crippen LogP contribution in [0.3, 0.4) is 0 Å². The van der Waals surface area contributed by atoms with Gasteiger partial charge < -0.3 is 9.47 Å². The molecule has 5 heteroatoms. The maximum Gasteiger partial charge on any atom is 0.348 e. The summed E-state index contributed by atoms with van der Waals surface area (Å²) in [7, 11) is 3.25. The summed E-state index contributed by atoms with van der Waals surface area (Å²) in [6.07, 6.45) is 0. The van der Waals surface area contributed by atoms with Crippen LogP contribution < -0.4 is 15.2 Å². The molecule has 0 atom stereocenters. The third kappa shape index (κ3) is 3.40. The molecule has 0 aliphatic rings. The Kier molecular flexibility index (Phi) is 4.84. The minimum Gasteiger partial charge on any atom is -0.497 e. The first-order chi connectivity index (χ1) is 12.2. The van der Waals surface area contributed by atoms with E-state index in [4.69, 9.17) is 9.47 Å². The van der Waals surface area contributed by atoms with Crippen LogP contribution in [0.25, 0.3) is 22.5 Å². The van der Waals surface area contributed by atoms with Gasteiger partial charge in [-0.25, -0.2) is 4.79 Å². The monoisotopic (exact) mass is 336 g/mol. The van der Waals surface area contributed by atoms with Crippen molar-refractivity contribution in [1.82, 2.24) is 9.55 Å². The molecule has 0 unspecified atom stereocenters. The van der Waals surface area contributed by atoms with Crippen molar-refractivity contribution in [3.8, 4) is 34.0 Å². The van der Waals surface area contributed by atoms with Crippen LogP contribution in [0.15, 0.2) is 59.4 Å². The molecule has 0 aliphatic carbocycles. The molecule has 1 aromatic heterocycles. The van der Waals surface area contributed by atoms with E-state index in [0.29, 0.717) is 12.2 Å². The highest BCUT2D eigenvalue weighted by Gasteiger charge is 2.11. The van der Waals surface area contributed by atoms with Gasteiger partial charge in [0, 0.05) is 12.1 Å². The summed E-state index contributed by atoms with van der Waals surface area (Å²) in [6, 6.07) is 17.1. The van der Waals surface area contributed by atoms with Gasteiger partial charge in [-0.3, -0.25) is 4.57 Å². The molecule has 0 amide bonds. The van der Waals surface area contributed by atoms with Crippen LogP contribution in [-0.2, 0) is 6.54 Å². The van der Waals surface area contributed by atoms with Crippen LogP contribution in [-0.4, -0.2) is 23.8 Å². The molecular weight excluding hydrogens is 316 g/mol. The van der Waals surface area contributed by atoms with Gasteiger partial charge >= 0.3 is 5.69 Å². The average Bonchev–Trinajstić information content (AvgIpc) is 2.67. The Labute approximate surface area is 146 Å². The Bertz CT molecular complexity index is 913. The normalized spacial score (nSPS) is 10.5. The van der Waals surface area contributed by atoms with Crippen molar-refractivity contribution in [3.05, 3.63) is 65.1 Å². The number of hydrogen-bond acceptors (Lipinski definition) is 4. The summed E-state index contributed by atoms with van der Waals surface area (Å²) in [5, 5.41) is 0. The second-order valence-corrected chi connectivity index (χ2v) is 5.51. The molecule has 0 saturated carbocycles. The van der Waals surface area contributed by atoms with Crippen molar-refractivity contribution in [2.45, 2.75) is 13.5 Å². The van der Waals surface area contributed by atoms with Gasteiger partial charge in [-0.05, 0) is 67.1 Å². The highest BCUT2D eigenvalue weighted by molar-refractivity contribution is 5.68. The van der Waals surface area contributed by atoms with E-state index in [0.717, 1.165) is 28.3 Å². The van der Waals surface area contributed by atoms with Gasteiger partial charge in [-0.2, -0.15) is 4.98 Å². The lowest BCUT2D eigenvalue weighted by atomic mass is 10.1. The van der Waals surface area contributed by atoms with Crippen molar-refractivity contribution >= 4 is 0 Å². The molecule has 0 saturated heterocycles. The fourth-order valence-corrected chi connectivity index (χ4v) is 2.72. The van der Waals surface area contributed by atoms with Crippen molar-refractivity contribution in [2.75, 3.05) is 14.2 Å². The number of aromatic nitrogens is 2. The van der Waals surface area contributed by atoms with Gasteiger partial charge in [-0.15, -0.1) is 0 Å². The van der Waals surface area contributed by atoms with E-state index in [9.17, 15) is 4.79 Å². The summed E-state index contributed by atoms with van der Waals surface area (Å²) < 4.78 is 12.1. The van der Waals surface area contributed by atoms with Crippen LogP contribution in [0.1, 0.15) is 6.92 Å². The topological polar surface area (TPSA) is 53.4 Å². The van der Waals surface area contributed by atoms with Crippen LogP contribution in [0.5, 0.6) is 11.5 Å². The van der Waals surface area contributed by atoms with E-state index < -0.39 is 0 Å². The molecule has 2 aromatic carbocycles. The fourth-order valence-electron chi connectivity index (χ4n) is 2.72. The molecule has 0 radical (unpaired) electrons. The molecule has 1 heterocycles. The van der Waals surface area contributed by atoms with Crippen LogP contribution in [0, 0.1) is 0 Å². The van der Waals surface area contributed by atoms with E-state index in [2.05, 4.69) is 4.98 Å². The summed E-state index contributed by atoms with van der Waals surface area (Å²) in [6.45, 7) is 2.49. The molecule has 3 rings (SSSR count). The largest absolute Gasteiger partial charge is 0.497 e. The molecule has 3 aromatic rings. The summed E-state index contributed by atoms with van der Waals surface area (Å²) in [4.78, 5) is 16.7. The quantitative estimate of drug-likeness (QED) is 0.714. The Hall–Kier alpha value is -3.08. The third-order valence-electron chi connectivity index (χ3n) is 4.10. The predicted octanol–water partition coefficient (Wildman–Crippen LogP) is 3.61. The third-order valence-corrected chi connectivity index (χ3v) is 4.10. The van der Waals surface area contributed by atoms with Crippen LogP contribution in [0.2, 0.25) is 0 Å². The molecule has 5 nitrogen and oxygen atoms in total. The standard InChI is InChI=1S/C20H20N2O3/c1-4-22-19(15-7-11-17(25-3)12-8-15)13-18(21-20(22)23)14-5-9-16(24-2)10-6-14/h5-13H,4H2,1-3H3. The Morgan fingerprint density at radius 1 is 0.880 bits per heavy atom. The first kappa shape index (κ1) is 16.8. The maximum absolute atomic E-state index is 12.5. The molecular formula is C20H20N2O3. The molecule has 128 valence electrons. The lowest BCUT2D eigenvalue weighted by Gasteiger charge is -2.13. The molecule has 0 spiro atoms. The minimum atomic E-state index is -0.262. The van der Waals surface area contributed by atoms with Crippen molar-refractivity contribution in [1.29, 1.82) is 0 Å². The SMILES string of the molecule is CCn1c(-c2ccc(OC)cc2)cc(-c2ccc(OC)cc2)nc1=O. The second kappa shape index (κ2) is 7.21. The molecule has 0 aliphatic heterocycles. The average molecular weight is 336 g/mol. The summed E-state index contributed by atoms with van der Waals surface area (Å²) in [5.41, 5.74) is 3.02. The van der Waals surface area contributed by atoms with Gasteiger partial charge in [0.05, 0.1) is 25.6 Å². The first-order valence-corrected chi connectivity index (χ1v) is 8.07. The smallest absolute Gasteiger partial charge is 0.348 e. The van der Waals surface area contributed by atoms with Gasteiger partial charge in [0.15, 0.2) is 0 Å². The summed E-state index contributed by atoms with van der Waals surface area (Å²) in [5.74, 6) is 1.54. The van der Waals surface area contributed by atoms with E-state index in [1.54, 1.807) is 18.8 Å². The lowest BCUT2D eigenvalue weighted by molar-refractivity contribution is 0.415. The predicted molar refractivity (Wildman–Crippen MR) is 98.1 cm³/mol. The maximum atomic E-state index is 12.5. The van der Waals surface area contributed by atoms with E-state index >= 15 is 0 Å². The van der Waals surface area contributed by atoms with Gasteiger partial charge in [0.1, 0.15) is 11.5 Å². The van der Waals surface area contributed by atoms with E-state index in [1.165, 1.54) is 0 Å². The Morgan fingerprint density at radius 3 is 1.88 bits per heavy atom. The first-order valence-electron chi connectivity index (χ1n) is 8.07. The highest BCUT2D eigenvalue weighted by atomic mass is 16.5. The zero-order valence-electron chi connectivity index (χ0n) is 14.5. The van der Waals surface area contributed by atoms with Crippen LogP contribution in [0.4, 0.5) is 0 Å². The zero-order valence-corrected chi connectivity index (χ0v) is 14.5. The van der Waals surface area contributed by atoms with E-state index in [1.807, 2.05) is 61.5 Å².